The molecule has 0 spiro atoms. The molecule has 3 N–H and O–H groups in total. The van der Waals surface area contributed by atoms with Crippen molar-refractivity contribution < 1.29 is 20.1 Å². The highest BCUT2D eigenvalue weighted by molar-refractivity contribution is 5.90. The van der Waals surface area contributed by atoms with E-state index in [-0.39, 0.29) is 17.9 Å². The Balaban J connectivity index is 3.03. The third-order valence-electron chi connectivity index (χ3n) is 5.26. The highest BCUT2D eigenvalue weighted by Crippen LogP contribution is 2.40. The number of carbonyl (C=O) groups is 1. The molecule has 4 heteroatoms. The van der Waals surface area contributed by atoms with E-state index in [1.165, 1.54) is 0 Å². The van der Waals surface area contributed by atoms with Crippen LogP contribution in [0.1, 0.15) is 65.7 Å². The van der Waals surface area contributed by atoms with Crippen molar-refractivity contribution in [3.8, 4) is 0 Å². The maximum Gasteiger partial charge on any atom is 0.335 e. The molecular formula is C22H34O4. The fourth-order valence-corrected chi connectivity index (χ4v) is 3.57. The Kier molecular flexibility index (Phi) is 8.51. The highest BCUT2D eigenvalue weighted by Gasteiger charge is 2.39. The number of hydrogen-bond acceptors (Lipinski definition) is 3. The minimum absolute atomic E-state index is 0.00770. The topological polar surface area (TPSA) is 77.8 Å². The van der Waals surface area contributed by atoms with E-state index in [1.807, 2.05) is 19.9 Å². The first-order valence-electron chi connectivity index (χ1n) is 9.49. The van der Waals surface area contributed by atoms with Crippen LogP contribution in [-0.2, 0) is 4.79 Å². The first-order chi connectivity index (χ1) is 12.1. The zero-order valence-electron chi connectivity index (χ0n) is 16.4. The first kappa shape index (κ1) is 22.4. The average Bonchev–Trinajstić information content (AvgIpc) is 2.56. The van der Waals surface area contributed by atoms with Gasteiger partial charge in [-0.1, -0.05) is 56.2 Å². The second kappa shape index (κ2) is 9.89. The summed E-state index contributed by atoms with van der Waals surface area (Å²) >= 11 is 0. The third-order valence-corrected chi connectivity index (χ3v) is 5.26. The maximum atomic E-state index is 11.3. The van der Waals surface area contributed by atoms with Gasteiger partial charge in [-0.3, -0.25) is 0 Å². The number of allylic oxidation sites excluding steroid dienone is 2. The number of rotatable bonds is 10. The van der Waals surface area contributed by atoms with Gasteiger partial charge in [0.05, 0.1) is 5.57 Å². The number of carboxylic acid groups (broad SMARTS) is 1. The van der Waals surface area contributed by atoms with Crippen molar-refractivity contribution in [2.45, 2.75) is 71.5 Å². The number of aliphatic hydroxyl groups is 2. The molecule has 0 heterocycles. The van der Waals surface area contributed by atoms with Gasteiger partial charge in [-0.05, 0) is 51.0 Å². The van der Waals surface area contributed by atoms with Gasteiger partial charge in [-0.2, -0.15) is 0 Å². The second-order valence-corrected chi connectivity index (χ2v) is 7.58. The van der Waals surface area contributed by atoms with Crippen molar-refractivity contribution in [1.29, 1.82) is 0 Å². The lowest BCUT2D eigenvalue weighted by Gasteiger charge is -2.38. The molecule has 0 aromatic heterocycles. The van der Waals surface area contributed by atoms with Crippen LogP contribution in [0.2, 0.25) is 0 Å². The number of carboxylic acids is 1. The largest absolute Gasteiger partial charge is 0.478 e. The monoisotopic (exact) mass is 362 g/mol. The number of unbranched alkanes of at least 4 members (excludes halogenated alkanes) is 2. The first-order valence-corrected chi connectivity index (χ1v) is 9.49. The van der Waals surface area contributed by atoms with Crippen LogP contribution in [0.3, 0.4) is 0 Å². The Morgan fingerprint density at radius 3 is 2.54 bits per heavy atom. The fraction of sp³-hybridized carbons (Fsp3) is 0.591. The lowest BCUT2D eigenvalue weighted by Crippen LogP contribution is -2.42. The van der Waals surface area contributed by atoms with Crippen molar-refractivity contribution in [2.75, 3.05) is 0 Å². The van der Waals surface area contributed by atoms with Crippen LogP contribution in [-0.4, -0.2) is 27.1 Å². The lowest BCUT2D eigenvalue weighted by molar-refractivity contribution is -0.195. The minimum Gasteiger partial charge on any atom is -0.478 e. The molecule has 4 nitrogen and oxygen atoms in total. The van der Waals surface area contributed by atoms with E-state index < -0.39 is 17.7 Å². The molecule has 0 aromatic rings. The Hall–Kier alpha value is -1.65. The zero-order valence-corrected chi connectivity index (χ0v) is 16.4. The molecule has 0 amide bonds. The highest BCUT2D eigenvalue weighted by atomic mass is 16.5. The molecule has 0 unspecified atom stereocenters. The summed E-state index contributed by atoms with van der Waals surface area (Å²) in [5.74, 6) is -3.45. The van der Waals surface area contributed by atoms with Crippen LogP contribution >= 0.6 is 0 Å². The standard InChI is InChI=1S/C22H34O4/c1-6-7-8-9-18(17(5)21(23)24)12-13-22(25,26)20-14-16(4)10-11-19(20)15(2)3/h12,14,19-20,25-26H,2,5-11,13H2,1,3-4H3,(H,23,24)/b18-12-/t19-,20+/m0/s1. The van der Waals surface area contributed by atoms with Gasteiger partial charge in [0.2, 0.25) is 0 Å². The number of hydrogen-bond donors (Lipinski definition) is 3. The van der Waals surface area contributed by atoms with E-state index in [9.17, 15) is 20.1 Å². The molecular weight excluding hydrogens is 328 g/mol. The predicted molar refractivity (Wildman–Crippen MR) is 106 cm³/mol. The molecule has 0 aromatic carbocycles. The quantitative estimate of drug-likeness (QED) is 0.172. The molecule has 0 radical (unpaired) electrons. The minimum atomic E-state index is -1.94. The molecule has 1 aliphatic carbocycles. The molecule has 0 aliphatic heterocycles. The normalized spacial score (nSPS) is 21.3. The van der Waals surface area contributed by atoms with E-state index >= 15 is 0 Å². The molecule has 0 saturated heterocycles. The van der Waals surface area contributed by atoms with Crippen LogP contribution < -0.4 is 0 Å². The third kappa shape index (κ3) is 6.26. The van der Waals surface area contributed by atoms with Gasteiger partial charge in [-0.15, -0.1) is 0 Å². The van der Waals surface area contributed by atoms with Gasteiger partial charge < -0.3 is 15.3 Å². The van der Waals surface area contributed by atoms with Crippen LogP contribution in [0, 0.1) is 11.8 Å². The van der Waals surface area contributed by atoms with Crippen molar-refractivity contribution in [3.63, 3.8) is 0 Å². The average molecular weight is 363 g/mol. The Labute approximate surface area is 157 Å². The van der Waals surface area contributed by atoms with Crippen LogP contribution in [0.25, 0.3) is 0 Å². The molecule has 0 saturated carbocycles. The predicted octanol–water partition coefficient (Wildman–Crippen LogP) is 4.75. The fourth-order valence-electron chi connectivity index (χ4n) is 3.57. The lowest BCUT2D eigenvalue weighted by atomic mass is 9.72. The summed E-state index contributed by atoms with van der Waals surface area (Å²) in [7, 11) is 0. The van der Waals surface area contributed by atoms with Gasteiger partial charge in [0.15, 0.2) is 5.79 Å². The summed E-state index contributed by atoms with van der Waals surface area (Å²) in [4.78, 5) is 11.3. The van der Waals surface area contributed by atoms with E-state index in [0.29, 0.717) is 12.0 Å². The van der Waals surface area contributed by atoms with Gasteiger partial charge in [0.25, 0.3) is 0 Å². The van der Waals surface area contributed by atoms with E-state index in [4.69, 9.17) is 0 Å². The summed E-state index contributed by atoms with van der Waals surface area (Å²) in [5, 5.41) is 30.8. The molecule has 0 fully saturated rings. The molecule has 2 atom stereocenters. The number of aliphatic carboxylic acids is 1. The molecule has 1 aliphatic rings. The van der Waals surface area contributed by atoms with E-state index in [0.717, 1.165) is 43.3 Å². The van der Waals surface area contributed by atoms with E-state index in [1.54, 1.807) is 6.08 Å². The van der Waals surface area contributed by atoms with Crippen LogP contribution in [0.5, 0.6) is 0 Å². The van der Waals surface area contributed by atoms with Gasteiger partial charge >= 0.3 is 5.97 Å². The summed E-state index contributed by atoms with van der Waals surface area (Å²) < 4.78 is 0. The summed E-state index contributed by atoms with van der Waals surface area (Å²) in [6.07, 6.45) is 8.78. The Bertz CT molecular complexity index is 595. The van der Waals surface area contributed by atoms with Gasteiger partial charge in [0.1, 0.15) is 0 Å². The van der Waals surface area contributed by atoms with Crippen LogP contribution in [0.4, 0.5) is 0 Å². The summed E-state index contributed by atoms with van der Waals surface area (Å²) in [6.45, 7) is 13.6. The molecule has 26 heavy (non-hydrogen) atoms. The van der Waals surface area contributed by atoms with Crippen molar-refractivity contribution in [2.24, 2.45) is 11.8 Å². The smallest absolute Gasteiger partial charge is 0.335 e. The van der Waals surface area contributed by atoms with Crippen molar-refractivity contribution in [3.05, 3.63) is 47.6 Å². The molecule has 146 valence electrons. The van der Waals surface area contributed by atoms with Crippen molar-refractivity contribution in [1.82, 2.24) is 0 Å². The maximum absolute atomic E-state index is 11.3. The van der Waals surface area contributed by atoms with Crippen molar-refractivity contribution >= 4 is 5.97 Å². The Morgan fingerprint density at radius 2 is 2.00 bits per heavy atom. The van der Waals surface area contributed by atoms with E-state index in [2.05, 4.69) is 20.1 Å². The van der Waals surface area contributed by atoms with Crippen LogP contribution in [0.15, 0.2) is 47.6 Å². The summed E-state index contributed by atoms with van der Waals surface area (Å²) in [6, 6.07) is 0. The molecule has 0 bridgehead atoms. The second-order valence-electron chi connectivity index (χ2n) is 7.58. The zero-order chi connectivity index (χ0) is 19.9. The van der Waals surface area contributed by atoms with Gasteiger partial charge in [-0.25, -0.2) is 4.79 Å². The van der Waals surface area contributed by atoms with Gasteiger partial charge in [0, 0.05) is 12.3 Å². The molecule has 1 rings (SSSR count). The Morgan fingerprint density at radius 1 is 1.35 bits per heavy atom. The SMILES string of the molecule is C=C(C(=O)O)/C(=C\CC(O)(O)[C@@H]1C=C(C)CC[C@H]1C(=C)C)CCCCC. The summed E-state index contributed by atoms with van der Waals surface area (Å²) in [5.41, 5.74) is 2.70.